The molecule has 2 rings (SSSR count). The molecule has 6 heteroatoms. The summed E-state index contributed by atoms with van der Waals surface area (Å²) in [5, 5.41) is 9.51. The van der Waals surface area contributed by atoms with Gasteiger partial charge in [-0.2, -0.15) is 5.26 Å². The summed E-state index contributed by atoms with van der Waals surface area (Å²) in [6.45, 7) is 0. The SMILES string of the molecule is N#Cc1nc(CSc2ccc(Cl)cc2)cnc1N. The van der Waals surface area contributed by atoms with Crippen LogP contribution < -0.4 is 5.73 Å². The Labute approximate surface area is 114 Å². The second-order valence-electron chi connectivity index (χ2n) is 3.45. The molecule has 1 aromatic heterocycles. The highest BCUT2D eigenvalue weighted by molar-refractivity contribution is 7.98. The van der Waals surface area contributed by atoms with Gasteiger partial charge in [-0.3, -0.25) is 0 Å². The second-order valence-corrected chi connectivity index (χ2v) is 4.93. The lowest BCUT2D eigenvalue weighted by molar-refractivity contribution is 1.08. The third-order valence-electron chi connectivity index (χ3n) is 2.16. The predicted molar refractivity (Wildman–Crippen MR) is 72.2 cm³/mol. The van der Waals surface area contributed by atoms with E-state index in [0.717, 1.165) is 10.6 Å². The van der Waals surface area contributed by atoms with Gasteiger partial charge in [-0.05, 0) is 24.3 Å². The zero-order valence-electron chi connectivity index (χ0n) is 9.30. The molecule has 0 radical (unpaired) electrons. The summed E-state index contributed by atoms with van der Waals surface area (Å²) in [7, 11) is 0. The van der Waals surface area contributed by atoms with Crippen LogP contribution in [0.25, 0.3) is 0 Å². The van der Waals surface area contributed by atoms with E-state index in [4.69, 9.17) is 22.6 Å². The monoisotopic (exact) mass is 276 g/mol. The van der Waals surface area contributed by atoms with Crippen molar-refractivity contribution < 1.29 is 0 Å². The minimum Gasteiger partial charge on any atom is -0.381 e. The van der Waals surface area contributed by atoms with Crippen LogP contribution in [-0.4, -0.2) is 9.97 Å². The van der Waals surface area contributed by atoms with E-state index >= 15 is 0 Å². The Balaban J connectivity index is 2.06. The summed E-state index contributed by atoms with van der Waals surface area (Å²) in [6, 6.07) is 9.45. The normalized spacial score (nSPS) is 10.0. The molecule has 90 valence electrons. The first kappa shape index (κ1) is 12.7. The Morgan fingerprint density at radius 2 is 2.06 bits per heavy atom. The van der Waals surface area contributed by atoms with Gasteiger partial charge in [0.05, 0.1) is 11.9 Å². The number of nitrogen functional groups attached to an aromatic ring is 1. The van der Waals surface area contributed by atoms with Gasteiger partial charge in [0.1, 0.15) is 6.07 Å². The first-order valence-corrected chi connectivity index (χ1v) is 6.45. The van der Waals surface area contributed by atoms with Gasteiger partial charge in [0, 0.05) is 15.7 Å². The molecular weight excluding hydrogens is 268 g/mol. The van der Waals surface area contributed by atoms with Crippen molar-refractivity contribution in [2.75, 3.05) is 5.73 Å². The summed E-state index contributed by atoms with van der Waals surface area (Å²) in [4.78, 5) is 9.14. The smallest absolute Gasteiger partial charge is 0.183 e. The number of thioether (sulfide) groups is 1. The number of anilines is 1. The largest absolute Gasteiger partial charge is 0.381 e. The zero-order valence-corrected chi connectivity index (χ0v) is 10.9. The third-order valence-corrected chi connectivity index (χ3v) is 3.45. The Hall–Kier alpha value is -1.77. The van der Waals surface area contributed by atoms with Gasteiger partial charge in [0.15, 0.2) is 11.5 Å². The topological polar surface area (TPSA) is 75.6 Å². The van der Waals surface area contributed by atoms with Crippen molar-refractivity contribution in [1.82, 2.24) is 9.97 Å². The van der Waals surface area contributed by atoms with Gasteiger partial charge in [0.25, 0.3) is 0 Å². The summed E-state index contributed by atoms with van der Waals surface area (Å²) in [6.07, 6.45) is 1.58. The highest BCUT2D eigenvalue weighted by Gasteiger charge is 2.04. The molecule has 4 nitrogen and oxygen atoms in total. The fourth-order valence-corrected chi connectivity index (χ4v) is 2.18. The molecule has 0 amide bonds. The molecule has 0 bridgehead atoms. The van der Waals surface area contributed by atoms with E-state index < -0.39 is 0 Å². The molecule has 0 aliphatic carbocycles. The van der Waals surface area contributed by atoms with Crippen molar-refractivity contribution in [3.63, 3.8) is 0 Å². The molecule has 2 N–H and O–H groups in total. The number of hydrogen-bond acceptors (Lipinski definition) is 5. The average molecular weight is 277 g/mol. The predicted octanol–water partition coefficient (Wildman–Crippen LogP) is 2.88. The summed E-state index contributed by atoms with van der Waals surface area (Å²) >= 11 is 7.40. The first-order chi connectivity index (χ1) is 8.69. The van der Waals surface area contributed by atoms with Crippen LogP contribution in [0.15, 0.2) is 35.4 Å². The van der Waals surface area contributed by atoms with Crippen LogP contribution in [-0.2, 0) is 5.75 Å². The van der Waals surface area contributed by atoms with E-state index in [1.165, 1.54) is 0 Å². The Morgan fingerprint density at radius 3 is 2.72 bits per heavy atom. The number of benzene rings is 1. The molecule has 0 saturated heterocycles. The number of rotatable bonds is 3. The van der Waals surface area contributed by atoms with E-state index in [1.54, 1.807) is 18.0 Å². The molecule has 18 heavy (non-hydrogen) atoms. The van der Waals surface area contributed by atoms with Crippen LogP contribution in [0.4, 0.5) is 5.82 Å². The Kier molecular flexibility index (Phi) is 4.03. The van der Waals surface area contributed by atoms with Crippen LogP contribution in [0.3, 0.4) is 0 Å². The van der Waals surface area contributed by atoms with Crippen LogP contribution in [0, 0.1) is 11.3 Å². The van der Waals surface area contributed by atoms with Gasteiger partial charge in [-0.25, -0.2) is 9.97 Å². The fourth-order valence-electron chi connectivity index (χ4n) is 1.27. The molecule has 0 saturated carbocycles. The zero-order chi connectivity index (χ0) is 13.0. The molecule has 2 aromatic rings. The van der Waals surface area contributed by atoms with Crippen molar-refractivity contribution in [2.24, 2.45) is 0 Å². The quantitative estimate of drug-likeness (QED) is 0.873. The number of hydrogen-bond donors (Lipinski definition) is 1. The molecule has 0 aliphatic heterocycles. The van der Waals surface area contributed by atoms with E-state index in [-0.39, 0.29) is 11.5 Å². The Morgan fingerprint density at radius 1 is 1.33 bits per heavy atom. The molecule has 0 aliphatic rings. The molecule has 0 unspecified atom stereocenters. The number of halogens is 1. The van der Waals surface area contributed by atoms with Gasteiger partial charge >= 0.3 is 0 Å². The molecule has 0 atom stereocenters. The standard InChI is InChI=1S/C12H9ClN4S/c13-8-1-3-10(4-2-8)18-7-9-6-16-12(15)11(5-14)17-9/h1-4,6H,7H2,(H2,15,16). The van der Waals surface area contributed by atoms with E-state index in [2.05, 4.69) is 9.97 Å². The average Bonchev–Trinajstić information content (AvgIpc) is 2.39. The first-order valence-electron chi connectivity index (χ1n) is 5.09. The summed E-state index contributed by atoms with van der Waals surface area (Å²) in [5.41, 5.74) is 6.40. The number of nitriles is 1. The molecule has 1 heterocycles. The van der Waals surface area contributed by atoms with Gasteiger partial charge < -0.3 is 5.73 Å². The lowest BCUT2D eigenvalue weighted by Gasteiger charge is -2.02. The van der Waals surface area contributed by atoms with Crippen LogP contribution in [0.2, 0.25) is 5.02 Å². The minimum atomic E-state index is 0.165. The Bertz CT molecular complexity index is 592. The third kappa shape index (κ3) is 3.13. The van der Waals surface area contributed by atoms with Gasteiger partial charge in [-0.1, -0.05) is 11.6 Å². The maximum Gasteiger partial charge on any atom is 0.183 e. The molecule has 1 aromatic carbocycles. The summed E-state index contributed by atoms with van der Waals surface area (Å²) < 4.78 is 0. The van der Waals surface area contributed by atoms with Crippen LogP contribution in [0.5, 0.6) is 0 Å². The molecular formula is C12H9ClN4S. The van der Waals surface area contributed by atoms with Crippen LogP contribution >= 0.6 is 23.4 Å². The molecule has 0 fully saturated rings. The van der Waals surface area contributed by atoms with Gasteiger partial charge in [0.2, 0.25) is 0 Å². The number of nitrogens with two attached hydrogens (primary N) is 1. The fraction of sp³-hybridized carbons (Fsp3) is 0.0833. The van der Waals surface area contributed by atoms with Crippen molar-refractivity contribution in [3.05, 3.63) is 46.9 Å². The van der Waals surface area contributed by atoms with Crippen molar-refractivity contribution in [2.45, 2.75) is 10.6 Å². The summed E-state index contributed by atoms with van der Waals surface area (Å²) in [5.74, 6) is 0.793. The van der Waals surface area contributed by atoms with Gasteiger partial charge in [-0.15, -0.1) is 11.8 Å². The highest BCUT2D eigenvalue weighted by atomic mass is 35.5. The number of nitrogens with zero attached hydrogens (tertiary/aromatic N) is 3. The molecule has 0 spiro atoms. The second kappa shape index (κ2) is 5.71. The van der Waals surface area contributed by atoms with Crippen molar-refractivity contribution in [3.8, 4) is 6.07 Å². The van der Waals surface area contributed by atoms with Crippen molar-refractivity contribution in [1.29, 1.82) is 5.26 Å². The van der Waals surface area contributed by atoms with Crippen LogP contribution in [0.1, 0.15) is 11.4 Å². The van der Waals surface area contributed by atoms with E-state index in [1.807, 2.05) is 30.3 Å². The van der Waals surface area contributed by atoms with Crippen molar-refractivity contribution >= 4 is 29.2 Å². The maximum atomic E-state index is 8.80. The number of aromatic nitrogens is 2. The highest BCUT2D eigenvalue weighted by Crippen LogP contribution is 2.23. The lowest BCUT2D eigenvalue weighted by Crippen LogP contribution is -2.00. The lowest BCUT2D eigenvalue weighted by atomic mass is 10.4. The maximum absolute atomic E-state index is 8.80. The van der Waals surface area contributed by atoms with E-state index in [9.17, 15) is 0 Å². The minimum absolute atomic E-state index is 0.165. The van der Waals surface area contributed by atoms with E-state index in [0.29, 0.717) is 10.8 Å².